The number of carbonyl (C=O) groups excluding carboxylic acids is 1. The fourth-order valence-corrected chi connectivity index (χ4v) is 3.97. The zero-order valence-corrected chi connectivity index (χ0v) is 14.8. The van der Waals surface area contributed by atoms with Gasteiger partial charge in [-0.25, -0.2) is 9.97 Å². The molecule has 126 valence electrons. The molecule has 4 heterocycles. The summed E-state index contributed by atoms with van der Waals surface area (Å²) in [6.45, 7) is 4.29. The van der Waals surface area contributed by atoms with Gasteiger partial charge in [-0.3, -0.25) is 14.7 Å². The number of Topliss-reactive ketones (excluding diaryl/α,β-unsaturated/α-hetero) is 1. The van der Waals surface area contributed by atoms with Gasteiger partial charge in [0.2, 0.25) is 0 Å². The second-order valence-corrected chi connectivity index (χ2v) is 7.35. The van der Waals surface area contributed by atoms with Crippen LogP contribution >= 0.6 is 11.3 Å². The molecule has 0 N–H and O–H groups in total. The van der Waals surface area contributed by atoms with Gasteiger partial charge in [0.05, 0.1) is 10.6 Å². The van der Waals surface area contributed by atoms with Crippen molar-refractivity contribution in [2.75, 3.05) is 6.54 Å². The predicted octanol–water partition coefficient (Wildman–Crippen LogP) is 3.36. The molecule has 0 aromatic carbocycles. The van der Waals surface area contributed by atoms with Crippen molar-refractivity contribution in [3.63, 3.8) is 0 Å². The number of fused-ring (bicyclic) bond motifs is 1. The van der Waals surface area contributed by atoms with E-state index in [0.717, 1.165) is 48.0 Å². The number of pyridine rings is 1. The maximum Gasteiger partial charge on any atom is 0.169 e. The van der Waals surface area contributed by atoms with Crippen LogP contribution in [0.1, 0.15) is 32.7 Å². The Bertz CT molecular complexity index is 907. The molecule has 0 spiro atoms. The van der Waals surface area contributed by atoms with E-state index in [-0.39, 0.29) is 5.78 Å². The summed E-state index contributed by atoms with van der Waals surface area (Å²) in [6.07, 6.45) is 6.38. The van der Waals surface area contributed by atoms with Crippen molar-refractivity contribution in [3.05, 3.63) is 63.9 Å². The number of thiophene rings is 1. The van der Waals surface area contributed by atoms with E-state index >= 15 is 0 Å². The number of hydrogen-bond acceptors (Lipinski definition) is 6. The van der Waals surface area contributed by atoms with E-state index in [1.807, 2.05) is 24.4 Å². The average molecular weight is 350 g/mol. The van der Waals surface area contributed by atoms with Crippen molar-refractivity contribution in [1.82, 2.24) is 19.9 Å². The van der Waals surface area contributed by atoms with E-state index in [2.05, 4.69) is 20.9 Å². The highest BCUT2D eigenvalue weighted by atomic mass is 32.1. The van der Waals surface area contributed by atoms with E-state index in [0.29, 0.717) is 0 Å². The highest BCUT2D eigenvalue weighted by Gasteiger charge is 2.19. The zero-order valence-electron chi connectivity index (χ0n) is 14.0. The van der Waals surface area contributed by atoms with Crippen LogP contribution in [0.2, 0.25) is 0 Å². The lowest BCUT2D eigenvalue weighted by atomic mass is 10.1. The summed E-state index contributed by atoms with van der Waals surface area (Å²) in [5.41, 5.74) is 3.32. The molecule has 0 atom stereocenters. The van der Waals surface area contributed by atoms with Gasteiger partial charge in [0.1, 0.15) is 0 Å². The predicted molar refractivity (Wildman–Crippen MR) is 97.4 cm³/mol. The van der Waals surface area contributed by atoms with E-state index < -0.39 is 0 Å². The quantitative estimate of drug-likeness (QED) is 0.675. The normalized spacial score (nSPS) is 14.3. The van der Waals surface area contributed by atoms with Crippen LogP contribution in [0.25, 0.3) is 11.4 Å². The Balaban J connectivity index is 1.49. The largest absolute Gasteiger partial charge is 0.294 e. The third-order valence-electron chi connectivity index (χ3n) is 4.34. The van der Waals surface area contributed by atoms with Gasteiger partial charge in [0.25, 0.3) is 0 Å². The molecular formula is C19H18N4OS. The minimum Gasteiger partial charge on any atom is -0.294 e. The van der Waals surface area contributed by atoms with Gasteiger partial charge in [-0.05, 0) is 31.2 Å². The number of rotatable bonds is 4. The number of aromatic nitrogens is 3. The van der Waals surface area contributed by atoms with Crippen molar-refractivity contribution in [3.8, 4) is 11.4 Å². The lowest BCUT2D eigenvalue weighted by molar-refractivity contribution is 0.102. The van der Waals surface area contributed by atoms with E-state index in [1.54, 1.807) is 30.7 Å². The Hall–Kier alpha value is -2.44. The van der Waals surface area contributed by atoms with E-state index in [4.69, 9.17) is 4.98 Å². The molecule has 4 rings (SSSR count). The Labute approximate surface area is 150 Å². The summed E-state index contributed by atoms with van der Waals surface area (Å²) in [5, 5.41) is 0. The van der Waals surface area contributed by atoms with Gasteiger partial charge in [-0.15, -0.1) is 11.3 Å². The first-order chi connectivity index (χ1) is 12.2. The first-order valence-corrected chi connectivity index (χ1v) is 9.08. The van der Waals surface area contributed by atoms with Crippen LogP contribution in [0.5, 0.6) is 0 Å². The van der Waals surface area contributed by atoms with Crippen LogP contribution in [0.4, 0.5) is 0 Å². The molecular weight excluding hydrogens is 332 g/mol. The number of ketones is 1. The molecule has 1 aliphatic rings. The van der Waals surface area contributed by atoms with Crippen LogP contribution in [-0.2, 0) is 19.5 Å². The molecule has 25 heavy (non-hydrogen) atoms. The molecule has 1 aliphatic heterocycles. The maximum absolute atomic E-state index is 11.4. The van der Waals surface area contributed by atoms with Crippen LogP contribution in [0, 0.1) is 0 Å². The van der Waals surface area contributed by atoms with Crippen LogP contribution in [-0.4, -0.2) is 32.2 Å². The molecule has 0 fully saturated rings. The van der Waals surface area contributed by atoms with Gasteiger partial charge in [-0.1, -0.05) is 0 Å². The van der Waals surface area contributed by atoms with Gasteiger partial charge in [-0.2, -0.15) is 0 Å². The Morgan fingerprint density at radius 3 is 2.84 bits per heavy atom. The van der Waals surface area contributed by atoms with Crippen molar-refractivity contribution in [2.24, 2.45) is 0 Å². The monoisotopic (exact) mass is 350 g/mol. The van der Waals surface area contributed by atoms with Crippen molar-refractivity contribution < 1.29 is 4.79 Å². The SMILES string of the molecule is CC(=O)c1ccc(CN2CCc3nc(-c4ccncc4)ncc3C2)s1. The summed E-state index contributed by atoms with van der Waals surface area (Å²) in [4.78, 5) is 29.2. The summed E-state index contributed by atoms with van der Waals surface area (Å²) in [6, 6.07) is 7.84. The molecule has 0 unspecified atom stereocenters. The van der Waals surface area contributed by atoms with E-state index in [9.17, 15) is 4.79 Å². The number of nitrogens with zero attached hydrogens (tertiary/aromatic N) is 4. The highest BCUT2D eigenvalue weighted by molar-refractivity contribution is 7.14. The summed E-state index contributed by atoms with van der Waals surface area (Å²) >= 11 is 1.59. The lowest BCUT2D eigenvalue weighted by Crippen LogP contribution is -2.30. The fourth-order valence-electron chi connectivity index (χ4n) is 3.02. The molecule has 3 aromatic heterocycles. The third-order valence-corrected chi connectivity index (χ3v) is 5.51. The van der Waals surface area contributed by atoms with Crippen molar-refractivity contribution in [2.45, 2.75) is 26.4 Å². The first-order valence-electron chi connectivity index (χ1n) is 8.26. The van der Waals surface area contributed by atoms with Crippen LogP contribution in [0.3, 0.4) is 0 Å². The highest BCUT2D eigenvalue weighted by Crippen LogP contribution is 2.24. The standard InChI is InChI=1S/C19H18N4OS/c1-13(24)18-3-2-16(25-18)12-23-9-6-17-15(11-23)10-21-19(22-17)14-4-7-20-8-5-14/h2-5,7-8,10H,6,9,11-12H2,1H3. The first kappa shape index (κ1) is 16.1. The van der Waals surface area contributed by atoms with Crippen LogP contribution < -0.4 is 0 Å². The second-order valence-electron chi connectivity index (χ2n) is 6.18. The van der Waals surface area contributed by atoms with Gasteiger partial charge < -0.3 is 0 Å². The number of carbonyl (C=O) groups is 1. The Kier molecular flexibility index (Phi) is 4.38. The molecule has 0 bridgehead atoms. The van der Waals surface area contributed by atoms with Gasteiger partial charge >= 0.3 is 0 Å². The summed E-state index contributed by atoms with van der Waals surface area (Å²) in [7, 11) is 0. The minimum atomic E-state index is 0.136. The molecule has 0 saturated heterocycles. The fraction of sp³-hybridized carbons (Fsp3) is 0.263. The molecule has 5 nitrogen and oxygen atoms in total. The average Bonchev–Trinajstić information content (AvgIpc) is 3.11. The van der Waals surface area contributed by atoms with E-state index in [1.165, 1.54) is 10.4 Å². The smallest absolute Gasteiger partial charge is 0.169 e. The molecule has 3 aromatic rings. The maximum atomic E-state index is 11.4. The topological polar surface area (TPSA) is 59.0 Å². The second kappa shape index (κ2) is 6.82. The van der Waals surface area contributed by atoms with Crippen LogP contribution in [0.15, 0.2) is 42.9 Å². The molecule has 0 aliphatic carbocycles. The Morgan fingerprint density at radius 1 is 1.24 bits per heavy atom. The Morgan fingerprint density at radius 2 is 2.08 bits per heavy atom. The third kappa shape index (κ3) is 3.50. The molecule has 0 amide bonds. The molecule has 0 radical (unpaired) electrons. The summed E-state index contributed by atoms with van der Waals surface area (Å²) in [5.74, 6) is 0.899. The summed E-state index contributed by atoms with van der Waals surface area (Å²) < 4.78 is 0. The minimum absolute atomic E-state index is 0.136. The zero-order chi connectivity index (χ0) is 17.2. The van der Waals surface area contributed by atoms with Crippen molar-refractivity contribution >= 4 is 17.1 Å². The number of hydrogen-bond donors (Lipinski definition) is 0. The molecule has 6 heteroatoms. The van der Waals surface area contributed by atoms with Gasteiger partial charge in [0, 0.05) is 60.6 Å². The van der Waals surface area contributed by atoms with Crippen molar-refractivity contribution in [1.29, 1.82) is 0 Å². The molecule has 0 saturated carbocycles. The lowest BCUT2D eigenvalue weighted by Gasteiger charge is -2.27. The van der Waals surface area contributed by atoms with Gasteiger partial charge in [0.15, 0.2) is 11.6 Å².